The van der Waals surface area contributed by atoms with Crippen molar-refractivity contribution in [2.45, 2.75) is 6.92 Å². The number of aromatic hydroxyl groups is 1. The largest absolute Gasteiger partial charge is 0.506 e. The summed E-state index contributed by atoms with van der Waals surface area (Å²) in [7, 11) is 0. The smallest absolute Gasteiger partial charge is 0.335 e. The molecule has 0 aliphatic heterocycles. The number of rotatable bonds is 5. The van der Waals surface area contributed by atoms with Crippen LogP contribution in [0.5, 0.6) is 5.75 Å². The number of anilines is 1. The van der Waals surface area contributed by atoms with E-state index in [0.717, 1.165) is 30.3 Å². The molecule has 11 nitrogen and oxygen atoms in total. The summed E-state index contributed by atoms with van der Waals surface area (Å²) in [5, 5.41) is 42.9. The summed E-state index contributed by atoms with van der Waals surface area (Å²) in [6.07, 6.45) is 0. The molecule has 0 saturated carbocycles. The van der Waals surface area contributed by atoms with Crippen LogP contribution in [0.15, 0.2) is 30.3 Å². The molecule has 0 spiro atoms. The molecule has 0 aliphatic rings. The number of carboxylic acid groups (broad SMARTS) is 1. The van der Waals surface area contributed by atoms with Gasteiger partial charge in [-0.2, -0.15) is 0 Å². The van der Waals surface area contributed by atoms with E-state index in [4.69, 9.17) is 5.11 Å². The van der Waals surface area contributed by atoms with Crippen molar-refractivity contribution in [2.75, 3.05) is 5.32 Å². The summed E-state index contributed by atoms with van der Waals surface area (Å²) in [5.41, 5.74) is -2.15. The number of hydrogen-bond donors (Lipinski definition) is 3. The van der Waals surface area contributed by atoms with Crippen LogP contribution in [0.4, 0.5) is 17.1 Å². The SMILES string of the molecule is Cc1c([N+](=O)[O-])cc(C(=O)Nc2ccc(C(=O)O)cc2O)cc1[N+](=O)[O-]. The molecule has 0 radical (unpaired) electrons. The lowest BCUT2D eigenvalue weighted by Gasteiger charge is -2.09. The van der Waals surface area contributed by atoms with Gasteiger partial charge in [-0.25, -0.2) is 4.79 Å². The fraction of sp³-hybridized carbons (Fsp3) is 0.0667. The number of nitro groups is 2. The Bertz CT molecular complexity index is 919. The number of hydrogen-bond acceptors (Lipinski definition) is 7. The average molecular weight is 361 g/mol. The zero-order chi connectivity index (χ0) is 19.6. The minimum atomic E-state index is -1.29. The first kappa shape index (κ1) is 18.3. The maximum Gasteiger partial charge on any atom is 0.335 e. The van der Waals surface area contributed by atoms with E-state index in [-0.39, 0.29) is 22.4 Å². The Morgan fingerprint density at radius 1 is 1.00 bits per heavy atom. The lowest BCUT2D eigenvalue weighted by atomic mass is 10.1. The van der Waals surface area contributed by atoms with Crippen molar-refractivity contribution in [3.05, 3.63) is 67.3 Å². The molecule has 3 N–H and O–H groups in total. The molecule has 0 saturated heterocycles. The lowest BCUT2D eigenvalue weighted by Crippen LogP contribution is -2.13. The summed E-state index contributed by atoms with van der Waals surface area (Å²) in [4.78, 5) is 43.5. The molecule has 0 bridgehead atoms. The molecule has 0 fully saturated rings. The Morgan fingerprint density at radius 3 is 1.96 bits per heavy atom. The first-order valence-electron chi connectivity index (χ1n) is 6.93. The summed E-state index contributed by atoms with van der Waals surface area (Å²) in [6.45, 7) is 1.19. The van der Waals surface area contributed by atoms with E-state index in [1.807, 2.05) is 0 Å². The first-order valence-corrected chi connectivity index (χ1v) is 6.93. The van der Waals surface area contributed by atoms with Crippen molar-refractivity contribution in [2.24, 2.45) is 0 Å². The van der Waals surface area contributed by atoms with Crippen LogP contribution in [0.1, 0.15) is 26.3 Å². The van der Waals surface area contributed by atoms with E-state index in [1.54, 1.807) is 0 Å². The topological polar surface area (TPSA) is 173 Å². The van der Waals surface area contributed by atoms with E-state index in [0.29, 0.717) is 0 Å². The van der Waals surface area contributed by atoms with Gasteiger partial charge in [0.25, 0.3) is 17.3 Å². The van der Waals surface area contributed by atoms with Gasteiger partial charge in [-0.15, -0.1) is 0 Å². The first-order chi connectivity index (χ1) is 12.1. The monoisotopic (exact) mass is 361 g/mol. The number of phenolic OH excluding ortho intramolecular Hbond substituents is 1. The van der Waals surface area contributed by atoms with E-state index in [1.165, 1.54) is 6.92 Å². The Balaban J connectivity index is 2.43. The number of nitro benzene ring substituents is 2. The van der Waals surface area contributed by atoms with Crippen molar-refractivity contribution in [3.8, 4) is 5.75 Å². The molecule has 2 aromatic rings. The number of aromatic carboxylic acids is 1. The number of amides is 1. The number of carboxylic acids is 1. The fourth-order valence-electron chi connectivity index (χ4n) is 2.16. The molecule has 2 aromatic carbocycles. The molecule has 26 heavy (non-hydrogen) atoms. The average Bonchev–Trinajstić information content (AvgIpc) is 2.55. The molecule has 11 heteroatoms. The van der Waals surface area contributed by atoms with Crippen LogP contribution in [0.25, 0.3) is 0 Å². The van der Waals surface area contributed by atoms with Crippen LogP contribution in [0.2, 0.25) is 0 Å². The van der Waals surface area contributed by atoms with Gasteiger partial charge < -0.3 is 15.5 Å². The summed E-state index contributed by atoms with van der Waals surface area (Å²) >= 11 is 0. The maximum atomic E-state index is 12.3. The number of benzene rings is 2. The third kappa shape index (κ3) is 3.56. The van der Waals surface area contributed by atoms with Crippen LogP contribution < -0.4 is 5.32 Å². The van der Waals surface area contributed by atoms with Gasteiger partial charge in [0.05, 0.1) is 26.7 Å². The predicted molar refractivity (Wildman–Crippen MR) is 87.5 cm³/mol. The van der Waals surface area contributed by atoms with Crippen molar-refractivity contribution in [1.29, 1.82) is 0 Å². The van der Waals surface area contributed by atoms with Crippen molar-refractivity contribution in [3.63, 3.8) is 0 Å². The Morgan fingerprint density at radius 2 is 1.54 bits per heavy atom. The highest BCUT2D eigenvalue weighted by Gasteiger charge is 2.25. The lowest BCUT2D eigenvalue weighted by molar-refractivity contribution is -0.395. The Hall–Kier alpha value is -4.02. The van der Waals surface area contributed by atoms with Crippen LogP contribution in [0, 0.1) is 27.2 Å². The minimum Gasteiger partial charge on any atom is -0.506 e. The molecule has 0 heterocycles. The van der Waals surface area contributed by atoms with Crippen LogP contribution in [0.3, 0.4) is 0 Å². The van der Waals surface area contributed by atoms with Gasteiger partial charge in [0.15, 0.2) is 0 Å². The highest BCUT2D eigenvalue weighted by atomic mass is 16.6. The standard InChI is InChI=1S/C15H11N3O8/c1-7-11(17(23)24)4-9(5-12(7)18(25)26)14(20)16-10-3-2-8(15(21)22)6-13(10)19/h2-6,19H,1H3,(H,16,20)(H,21,22). The Kier molecular flexibility index (Phi) is 4.82. The van der Waals surface area contributed by atoms with Crippen LogP contribution in [-0.4, -0.2) is 31.9 Å². The zero-order valence-electron chi connectivity index (χ0n) is 13.1. The van der Waals surface area contributed by atoms with E-state index >= 15 is 0 Å². The molecule has 0 aliphatic carbocycles. The Labute approximate surface area is 144 Å². The van der Waals surface area contributed by atoms with E-state index < -0.39 is 38.8 Å². The van der Waals surface area contributed by atoms with Crippen molar-refractivity contribution < 1.29 is 29.6 Å². The van der Waals surface area contributed by atoms with Gasteiger partial charge >= 0.3 is 5.97 Å². The van der Waals surface area contributed by atoms with Gasteiger partial charge in [0.2, 0.25) is 0 Å². The molecule has 1 amide bonds. The van der Waals surface area contributed by atoms with E-state index in [2.05, 4.69) is 5.32 Å². The summed E-state index contributed by atoms with van der Waals surface area (Å²) in [5.74, 6) is -2.79. The predicted octanol–water partition coefficient (Wildman–Crippen LogP) is 2.47. The second-order valence-electron chi connectivity index (χ2n) is 5.14. The van der Waals surface area contributed by atoms with Gasteiger partial charge in [-0.3, -0.25) is 25.0 Å². The van der Waals surface area contributed by atoms with Gasteiger partial charge in [0, 0.05) is 12.1 Å². The summed E-state index contributed by atoms with van der Waals surface area (Å²) < 4.78 is 0. The van der Waals surface area contributed by atoms with Crippen LogP contribution in [-0.2, 0) is 0 Å². The molecule has 2 rings (SSSR count). The second kappa shape index (κ2) is 6.84. The molecule has 0 atom stereocenters. The number of nitrogens with zero attached hydrogens (tertiary/aromatic N) is 2. The van der Waals surface area contributed by atoms with E-state index in [9.17, 15) is 34.9 Å². The minimum absolute atomic E-state index is 0.161. The van der Waals surface area contributed by atoms with Crippen molar-refractivity contribution >= 4 is 28.9 Å². The fourth-order valence-corrected chi connectivity index (χ4v) is 2.16. The molecule has 0 aromatic heterocycles. The molecular weight excluding hydrogens is 350 g/mol. The van der Waals surface area contributed by atoms with Gasteiger partial charge in [-0.1, -0.05) is 0 Å². The second-order valence-corrected chi connectivity index (χ2v) is 5.14. The van der Waals surface area contributed by atoms with Crippen molar-refractivity contribution in [1.82, 2.24) is 0 Å². The number of carbonyl (C=O) groups excluding carboxylic acids is 1. The number of nitrogens with one attached hydrogen (secondary N) is 1. The van der Waals surface area contributed by atoms with Gasteiger partial charge in [-0.05, 0) is 25.1 Å². The number of carbonyl (C=O) groups is 2. The molecule has 134 valence electrons. The third-order valence-corrected chi connectivity index (χ3v) is 3.50. The zero-order valence-corrected chi connectivity index (χ0v) is 13.1. The quantitative estimate of drug-likeness (QED) is 0.413. The van der Waals surface area contributed by atoms with Gasteiger partial charge in [0.1, 0.15) is 11.3 Å². The molecular formula is C15H11N3O8. The molecule has 0 unspecified atom stereocenters. The third-order valence-electron chi connectivity index (χ3n) is 3.50. The highest BCUT2D eigenvalue weighted by molar-refractivity contribution is 6.06. The van der Waals surface area contributed by atoms with Crippen LogP contribution >= 0.6 is 0 Å². The normalized spacial score (nSPS) is 10.2. The highest BCUT2D eigenvalue weighted by Crippen LogP contribution is 2.30. The maximum absolute atomic E-state index is 12.3. The summed E-state index contributed by atoms with van der Waals surface area (Å²) in [6, 6.07) is 4.89. The number of phenols is 1.